The Kier molecular flexibility index (Phi) is 5.02. The highest BCUT2D eigenvalue weighted by atomic mass is 16.5. The summed E-state index contributed by atoms with van der Waals surface area (Å²) in [5, 5.41) is 12.0. The van der Waals surface area contributed by atoms with Crippen molar-refractivity contribution in [3.8, 4) is 11.8 Å². The molecule has 2 aromatic rings. The average Bonchev–Trinajstić information content (AvgIpc) is 2.52. The Morgan fingerprint density at radius 2 is 1.95 bits per heavy atom. The second kappa shape index (κ2) is 7.20. The van der Waals surface area contributed by atoms with Crippen molar-refractivity contribution in [2.45, 2.75) is 19.4 Å². The van der Waals surface area contributed by atoms with E-state index in [1.165, 1.54) is 5.56 Å². The number of hydrogen-bond acceptors (Lipinski definition) is 3. The molecule has 0 saturated heterocycles. The third kappa shape index (κ3) is 3.76. The van der Waals surface area contributed by atoms with Crippen LogP contribution in [0.1, 0.15) is 24.9 Å². The minimum atomic E-state index is 0.0688. The van der Waals surface area contributed by atoms with Crippen molar-refractivity contribution in [1.82, 2.24) is 0 Å². The third-order valence-electron chi connectivity index (χ3n) is 3.09. The van der Waals surface area contributed by atoms with Crippen LogP contribution in [0.15, 0.2) is 54.6 Å². The number of nitriles is 1. The Hall–Kier alpha value is -2.47. The summed E-state index contributed by atoms with van der Waals surface area (Å²) in [6.45, 7) is 2.22. The molecule has 0 spiro atoms. The molecule has 2 aromatic carbocycles. The van der Waals surface area contributed by atoms with Gasteiger partial charge in [0.15, 0.2) is 6.61 Å². The second-order valence-electron chi connectivity index (χ2n) is 4.49. The zero-order chi connectivity index (χ0) is 14.2. The van der Waals surface area contributed by atoms with Crippen LogP contribution in [0.3, 0.4) is 0 Å². The van der Waals surface area contributed by atoms with E-state index < -0.39 is 0 Å². The van der Waals surface area contributed by atoms with Crippen molar-refractivity contribution in [2.24, 2.45) is 0 Å². The van der Waals surface area contributed by atoms with Gasteiger partial charge in [-0.15, -0.1) is 0 Å². The van der Waals surface area contributed by atoms with E-state index in [1.807, 2.05) is 48.5 Å². The highest BCUT2D eigenvalue weighted by Crippen LogP contribution is 2.24. The lowest BCUT2D eigenvalue weighted by molar-refractivity contribution is 0.368. The minimum Gasteiger partial charge on any atom is -0.479 e. The molecule has 0 fully saturated rings. The quantitative estimate of drug-likeness (QED) is 0.854. The van der Waals surface area contributed by atoms with Gasteiger partial charge in [0, 0.05) is 11.8 Å². The van der Waals surface area contributed by atoms with Gasteiger partial charge in [-0.3, -0.25) is 0 Å². The SMILES string of the molecule is CCC(Nc1cccc(OCC#N)c1)c1ccccc1. The first-order chi connectivity index (χ1) is 9.83. The zero-order valence-electron chi connectivity index (χ0n) is 11.5. The molecule has 0 radical (unpaired) electrons. The van der Waals surface area contributed by atoms with Gasteiger partial charge in [0.2, 0.25) is 0 Å². The lowest BCUT2D eigenvalue weighted by atomic mass is 10.0. The fourth-order valence-corrected chi connectivity index (χ4v) is 2.10. The lowest BCUT2D eigenvalue weighted by Gasteiger charge is -2.19. The number of nitrogens with zero attached hydrogens (tertiary/aromatic N) is 1. The molecule has 0 saturated carbocycles. The maximum absolute atomic E-state index is 8.54. The van der Waals surface area contributed by atoms with E-state index in [1.54, 1.807) is 0 Å². The molecular formula is C17H18N2O. The standard InChI is InChI=1S/C17H18N2O/c1-2-17(14-7-4-3-5-8-14)19-15-9-6-10-16(13-15)20-12-11-18/h3-10,13,17,19H,2,12H2,1H3. The number of nitrogens with one attached hydrogen (secondary N) is 1. The summed E-state index contributed by atoms with van der Waals surface area (Å²) in [4.78, 5) is 0. The van der Waals surface area contributed by atoms with Crippen molar-refractivity contribution >= 4 is 5.69 Å². The van der Waals surface area contributed by atoms with Gasteiger partial charge in [0.05, 0.1) is 6.04 Å². The van der Waals surface area contributed by atoms with E-state index in [0.717, 1.165) is 12.1 Å². The largest absolute Gasteiger partial charge is 0.479 e. The predicted octanol–water partition coefficient (Wildman–Crippen LogP) is 4.15. The van der Waals surface area contributed by atoms with Crippen molar-refractivity contribution < 1.29 is 4.74 Å². The molecule has 1 N–H and O–H groups in total. The summed E-state index contributed by atoms with van der Waals surface area (Å²) in [6.07, 6.45) is 0.993. The van der Waals surface area contributed by atoms with Gasteiger partial charge >= 0.3 is 0 Å². The van der Waals surface area contributed by atoms with Crippen molar-refractivity contribution in [1.29, 1.82) is 5.26 Å². The highest BCUT2D eigenvalue weighted by molar-refractivity contribution is 5.50. The van der Waals surface area contributed by atoms with Gasteiger partial charge in [0.1, 0.15) is 11.8 Å². The van der Waals surface area contributed by atoms with Crippen molar-refractivity contribution in [3.05, 3.63) is 60.2 Å². The molecule has 0 heterocycles. The molecule has 3 heteroatoms. The first-order valence-electron chi connectivity index (χ1n) is 6.74. The van der Waals surface area contributed by atoms with Gasteiger partial charge in [-0.05, 0) is 24.1 Å². The van der Waals surface area contributed by atoms with Crippen LogP contribution in [0.2, 0.25) is 0 Å². The Morgan fingerprint density at radius 3 is 2.65 bits per heavy atom. The van der Waals surface area contributed by atoms with Crippen LogP contribution in [0.5, 0.6) is 5.75 Å². The molecule has 0 amide bonds. The average molecular weight is 266 g/mol. The summed E-state index contributed by atoms with van der Waals surface area (Å²) in [6, 6.07) is 20.3. The van der Waals surface area contributed by atoms with Crippen molar-refractivity contribution in [3.63, 3.8) is 0 Å². The molecule has 0 bridgehead atoms. The summed E-state index contributed by atoms with van der Waals surface area (Å²) >= 11 is 0. The van der Waals surface area contributed by atoms with Crippen LogP contribution in [0, 0.1) is 11.3 Å². The van der Waals surface area contributed by atoms with E-state index in [4.69, 9.17) is 10.00 Å². The fraction of sp³-hybridized carbons (Fsp3) is 0.235. The predicted molar refractivity (Wildman–Crippen MR) is 80.6 cm³/mol. The van der Waals surface area contributed by atoms with E-state index in [-0.39, 0.29) is 12.6 Å². The molecule has 0 aliphatic rings. The first-order valence-corrected chi connectivity index (χ1v) is 6.74. The molecule has 0 aliphatic heterocycles. The molecule has 2 rings (SSSR count). The van der Waals surface area contributed by atoms with E-state index in [9.17, 15) is 0 Å². The van der Waals surface area contributed by atoms with Gasteiger partial charge < -0.3 is 10.1 Å². The van der Waals surface area contributed by atoms with Crippen LogP contribution in [0.25, 0.3) is 0 Å². The Morgan fingerprint density at radius 1 is 1.15 bits per heavy atom. The Bertz CT molecular complexity index is 575. The van der Waals surface area contributed by atoms with Crippen molar-refractivity contribution in [2.75, 3.05) is 11.9 Å². The summed E-state index contributed by atoms with van der Waals surface area (Å²) in [5.41, 5.74) is 2.26. The van der Waals surface area contributed by atoms with Crippen LogP contribution in [-0.4, -0.2) is 6.61 Å². The van der Waals surface area contributed by atoms with Gasteiger partial charge in [-0.1, -0.05) is 43.3 Å². The maximum atomic E-state index is 8.54. The molecule has 102 valence electrons. The van der Waals surface area contributed by atoms with Gasteiger partial charge in [-0.25, -0.2) is 0 Å². The summed E-state index contributed by atoms with van der Waals surface area (Å²) < 4.78 is 5.32. The van der Waals surface area contributed by atoms with Gasteiger partial charge in [-0.2, -0.15) is 5.26 Å². The number of rotatable bonds is 6. The number of benzene rings is 2. The fourth-order valence-electron chi connectivity index (χ4n) is 2.10. The van der Waals surface area contributed by atoms with Crippen LogP contribution in [-0.2, 0) is 0 Å². The third-order valence-corrected chi connectivity index (χ3v) is 3.09. The normalized spacial score (nSPS) is 11.4. The molecule has 20 heavy (non-hydrogen) atoms. The lowest BCUT2D eigenvalue weighted by Crippen LogP contribution is -2.09. The van der Waals surface area contributed by atoms with Crippen LogP contribution in [0.4, 0.5) is 5.69 Å². The smallest absolute Gasteiger partial charge is 0.174 e. The van der Waals surface area contributed by atoms with E-state index in [0.29, 0.717) is 5.75 Å². The van der Waals surface area contributed by atoms with Crippen LogP contribution >= 0.6 is 0 Å². The summed E-state index contributed by atoms with van der Waals surface area (Å²) in [7, 11) is 0. The highest BCUT2D eigenvalue weighted by Gasteiger charge is 2.08. The molecule has 1 unspecified atom stereocenters. The number of anilines is 1. The first kappa shape index (κ1) is 14.0. The summed E-state index contributed by atoms with van der Waals surface area (Å²) in [5.74, 6) is 0.708. The molecule has 0 aromatic heterocycles. The molecule has 3 nitrogen and oxygen atoms in total. The topological polar surface area (TPSA) is 45.0 Å². The minimum absolute atomic E-state index is 0.0688. The molecule has 1 atom stereocenters. The monoisotopic (exact) mass is 266 g/mol. The Balaban J connectivity index is 2.10. The molecule has 0 aliphatic carbocycles. The number of hydrogen-bond donors (Lipinski definition) is 1. The van der Waals surface area contributed by atoms with E-state index >= 15 is 0 Å². The zero-order valence-corrected chi connectivity index (χ0v) is 11.5. The Labute approximate surface area is 119 Å². The van der Waals surface area contributed by atoms with E-state index in [2.05, 4.69) is 24.4 Å². The van der Waals surface area contributed by atoms with Crippen LogP contribution < -0.4 is 10.1 Å². The van der Waals surface area contributed by atoms with Gasteiger partial charge in [0.25, 0.3) is 0 Å². The number of ether oxygens (including phenoxy) is 1. The maximum Gasteiger partial charge on any atom is 0.174 e. The molecular weight excluding hydrogens is 248 g/mol. The second-order valence-corrected chi connectivity index (χ2v) is 4.49.